The summed E-state index contributed by atoms with van der Waals surface area (Å²) in [5, 5.41) is -0.187. The van der Waals surface area contributed by atoms with E-state index in [1.54, 1.807) is 23.5 Å². The topological polar surface area (TPSA) is 40.6 Å². The van der Waals surface area contributed by atoms with Crippen LogP contribution in [0.4, 0.5) is 11.4 Å². The first-order chi connectivity index (χ1) is 20.2. The third-order valence-corrected chi connectivity index (χ3v) is 11.4. The molecule has 0 aliphatic carbocycles. The summed E-state index contributed by atoms with van der Waals surface area (Å²) in [7, 11) is 0. The van der Waals surface area contributed by atoms with Crippen molar-refractivity contribution in [2.45, 2.75) is 60.8 Å². The number of carbonyl (C=O) groups excluding carboxylic acids is 2. The number of nitrogens with zero attached hydrogens (tertiary/aromatic N) is 2. The van der Waals surface area contributed by atoms with Crippen LogP contribution in [-0.4, -0.2) is 22.3 Å². The molecule has 0 spiro atoms. The lowest BCUT2D eigenvalue weighted by Crippen LogP contribution is -2.40. The first-order valence-electron chi connectivity index (χ1n) is 14.5. The zero-order chi connectivity index (χ0) is 29.5. The molecule has 0 unspecified atom stereocenters. The second kappa shape index (κ2) is 11.3. The summed E-state index contributed by atoms with van der Waals surface area (Å²) < 4.78 is 0. The van der Waals surface area contributed by atoms with Gasteiger partial charge in [-0.15, -0.1) is 23.5 Å². The first-order valence-corrected chi connectivity index (χ1v) is 16.3. The molecule has 0 saturated carbocycles. The fraction of sp³-hybridized carbons (Fsp3) is 0.278. The summed E-state index contributed by atoms with van der Waals surface area (Å²) in [6.07, 6.45) is 1.86. The van der Waals surface area contributed by atoms with Crippen LogP contribution >= 0.6 is 23.5 Å². The minimum Gasteiger partial charge on any atom is -0.292 e. The molecule has 42 heavy (non-hydrogen) atoms. The summed E-state index contributed by atoms with van der Waals surface area (Å²) >= 11 is 3.42. The van der Waals surface area contributed by atoms with Gasteiger partial charge in [-0.3, -0.25) is 19.4 Å². The Morgan fingerprint density at radius 3 is 1.21 bits per heavy atom. The zero-order valence-corrected chi connectivity index (χ0v) is 26.1. The summed E-state index contributed by atoms with van der Waals surface area (Å²) in [5.74, 6) is 0.300. The van der Waals surface area contributed by atoms with Gasteiger partial charge in [-0.1, -0.05) is 84.9 Å². The second-order valence-electron chi connectivity index (χ2n) is 11.4. The van der Waals surface area contributed by atoms with Gasteiger partial charge in [0.25, 0.3) is 0 Å². The van der Waals surface area contributed by atoms with Gasteiger partial charge in [0.2, 0.25) is 11.8 Å². The van der Waals surface area contributed by atoms with E-state index in [9.17, 15) is 9.59 Å². The molecule has 2 saturated heterocycles. The zero-order valence-electron chi connectivity index (χ0n) is 24.5. The van der Waals surface area contributed by atoms with Crippen molar-refractivity contribution in [2.24, 2.45) is 0 Å². The number of benzene rings is 4. The number of aryl methyl sites for hydroxylation is 2. The van der Waals surface area contributed by atoms with Crippen LogP contribution in [-0.2, 0) is 32.2 Å². The molecule has 6 heteroatoms. The lowest BCUT2D eigenvalue weighted by atomic mass is 9.98. The van der Waals surface area contributed by atoms with Gasteiger partial charge in [-0.05, 0) is 87.1 Å². The molecule has 0 bridgehead atoms. The molecule has 4 aromatic carbocycles. The first kappa shape index (κ1) is 28.6. The number of para-hydroxylation sites is 2. The Kier molecular flexibility index (Phi) is 7.71. The van der Waals surface area contributed by atoms with Crippen molar-refractivity contribution in [3.05, 3.63) is 131 Å². The van der Waals surface area contributed by atoms with Gasteiger partial charge in [0.15, 0.2) is 0 Å². The lowest BCUT2D eigenvalue weighted by Gasteiger charge is -2.35. The molecule has 0 radical (unpaired) electrons. The van der Waals surface area contributed by atoms with E-state index in [2.05, 4.69) is 62.4 Å². The average molecular weight is 593 g/mol. The number of carbonyl (C=O) groups is 2. The Morgan fingerprint density at radius 1 is 0.548 bits per heavy atom. The molecule has 2 heterocycles. The number of hydrogen-bond acceptors (Lipinski definition) is 4. The fourth-order valence-corrected chi connectivity index (χ4v) is 9.16. The Bertz CT molecular complexity index is 1460. The van der Waals surface area contributed by atoms with Gasteiger partial charge in [0.1, 0.15) is 9.74 Å². The van der Waals surface area contributed by atoms with Crippen molar-refractivity contribution in [3.8, 4) is 0 Å². The van der Waals surface area contributed by atoms with E-state index in [1.165, 1.54) is 11.1 Å². The highest BCUT2D eigenvalue weighted by Crippen LogP contribution is 2.51. The van der Waals surface area contributed by atoms with Crippen LogP contribution in [0.25, 0.3) is 0 Å². The average Bonchev–Trinajstić information content (AvgIpc) is 3.39. The van der Waals surface area contributed by atoms with Crippen molar-refractivity contribution < 1.29 is 9.59 Å². The predicted molar refractivity (Wildman–Crippen MR) is 177 cm³/mol. The van der Waals surface area contributed by atoms with E-state index in [0.29, 0.717) is 0 Å². The van der Waals surface area contributed by atoms with E-state index in [1.807, 2.05) is 84.3 Å². The molecule has 2 fully saturated rings. The van der Waals surface area contributed by atoms with Crippen LogP contribution in [0.3, 0.4) is 0 Å². The molecule has 2 aliphatic rings. The SMILES string of the molecule is C[C@@H]1S[C@@](C)(c2ccc(CCc3ccc([C@]4(C)S[C@@H](C)C(=O)N4c4ccccc4)cc3)cc2)N(c2ccccc2)C1=O. The molecular weight excluding hydrogens is 557 g/mol. The third kappa shape index (κ3) is 5.05. The van der Waals surface area contributed by atoms with Gasteiger partial charge >= 0.3 is 0 Å². The molecule has 6 rings (SSSR count). The van der Waals surface area contributed by atoms with Crippen LogP contribution in [0.15, 0.2) is 109 Å². The van der Waals surface area contributed by atoms with Crippen molar-refractivity contribution in [3.63, 3.8) is 0 Å². The van der Waals surface area contributed by atoms with Gasteiger partial charge in [-0.25, -0.2) is 0 Å². The van der Waals surface area contributed by atoms with Crippen molar-refractivity contribution >= 4 is 46.7 Å². The van der Waals surface area contributed by atoms with E-state index in [0.717, 1.165) is 35.3 Å². The summed E-state index contributed by atoms with van der Waals surface area (Å²) in [6.45, 7) is 8.30. The quantitative estimate of drug-likeness (QED) is 0.217. The maximum absolute atomic E-state index is 13.2. The molecular formula is C36H36N2O2S2. The van der Waals surface area contributed by atoms with Crippen molar-refractivity contribution in [1.82, 2.24) is 0 Å². The molecule has 4 nitrogen and oxygen atoms in total. The summed E-state index contributed by atoms with van der Waals surface area (Å²) in [5.41, 5.74) is 6.68. The van der Waals surface area contributed by atoms with E-state index >= 15 is 0 Å². The highest BCUT2D eigenvalue weighted by molar-refractivity contribution is 8.02. The van der Waals surface area contributed by atoms with Gasteiger partial charge < -0.3 is 0 Å². The Morgan fingerprint density at radius 2 is 0.881 bits per heavy atom. The van der Waals surface area contributed by atoms with Crippen LogP contribution in [0.1, 0.15) is 49.9 Å². The van der Waals surface area contributed by atoms with Gasteiger partial charge in [-0.2, -0.15) is 0 Å². The Hall–Kier alpha value is -3.48. The molecule has 0 N–H and O–H groups in total. The smallest absolute Gasteiger partial charge is 0.241 e. The highest BCUT2D eigenvalue weighted by atomic mass is 32.2. The summed E-state index contributed by atoms with van der Waals surface area (Å²) in [4.78, 5) is 29.3. The monoisotopic (exact) mass is 592 g/mol. The van der Waals surface area contributed by atoms with Crippen LogP contribution < -0.4 is 9.80 Å². The van der Waals surface area contributed by atoms with Crippen LogP contribution in [0.5, 0.6) is 0 Å². The number of hydrogen-bond donors (Lipinski definition) is 0. The fourth-order valence-electron chi connectivity index (χ4n) is 6.22. The van der Waals surface area contributed by atoms with Crippen molar-refractivity contribution in [2.75, 3.05) is 9.80 Å². The van der Waals surface area contributed by atoms with E-state index in [4.69, 9.17) is 0 Å². The largest absolute Gasteiger partial charge is 0.292 e. The van der Waals surface area contributed by atoms with Crippen LogP contribution in [0, 0.1) is 0 Å². The standard InChI is InChI=1S/C36H36N2O2S2/c1-25-33(39)37(31-11-7-5-8-12-31)35(3,41-25)29-21-17-27(18-22-29)15-16-28-19-23-30(24-20-28)36(4)38(34(40)26(2)42-36)32-13-9-6-10-14-32/h5-14,17-26H,15-16H2,1-4H3/t25-,26-,35-,36-/m0/s1. The Balaban J connectivity index is 1.16. The van der Waals surface area contributed by atoms with E-state index < -0.39 is 9.74 Å². The van der Waals surface area contributed by atoms with Crippen LogP contribution in [0.2, 0.25) is 0 Å². The molecule has 4 aromatic rings. The third-order valence-electron chi connectivity index (χ3n) is 8.51. The number of amides is 2. The normalized spacial score (nSPS) is 25.8. The second-order valence-corrected chi connectivity index (χ2v) is 14.9. The Labute approximate surface area is 257 Å². The molecule has 4 atom stereocenters. The molecule has 2 aliphatic heterocycles. The maximum Gasteiger partial charge on any atom is 0.241 e. The minimum absolute atomic E-state index is 0.0937. The minimum atomic E-state index is -0.451. The van der Waals surface area contributed by atoms with Gasteiger partial charge in [0.05, 0.1) is 10.5 Å². The van der Waals surface area contributed by atoms with Crippen molar-refractivity contribution in [1.29, 1.82) is 0 Å². The number of thioether (sulfide) groups is 2. The lowest BCUT2D eigenvalue weighted by molar-refractivity contribution is -0.118. The summed E-state index contributed by atoms with van der Waals surface area (Å²) in [6, 6.07) is 37.5. The molecule has 0 aromatic heterocycles. The number of rotatable bonds is 7. The van der Waals surface area contributed by atoms with Gasteiger partial charge in [0, 0.05) is 11.4 Å². The number of anilines is 2. The molecule has 2 amide bonds. The molecule has 214 valence electrons. The van der Waals surface area contributed by atoms with E-state index in [-0.39, 0.29) is 22.3 Å². The maximum atomic E-state index is 13.2. The highest BCUT2D eigenvalue weighted by Gasteiger charge is 2.49. The predicted octanol–water partition coefficient (Wildman–Crippen LogP) is 8.15.